The Morgan fingerprint density at radius 3 is 2.21 bits per heavy atom. The highest BCUT2D eigenvalue weighted by Crippen LogP contribution is 2.33. The zero-order valence-electron chi connectivity index (χ0n) is 21.8. The van der Waals surface area contributed by atoms with Crippen molar-refractivity contribution in [1.82, 2.24) is 5.32 Å². The number of allylic oxidation sites excluding steroid dienone is 4. The molecule has 1 aromatic heterocycles. The Bertz CT molecular complexity index is 616. The molecule has 0 saturated carbocycles. The first-order chi connectivity index (χ1) is 16.1. The van der Waals surface area contributed by atoms with Crippen molar-refractivity contribution in [2.45, 2.75) is 92.9 Å². The number of hydrogen-bond acceptors (Lipinski definition) is 4. The zero-order valence-corrected chi connectivity index (χ0v) is 22.6. The number of aryl methyl sites for hydroxylation is 2. The molecule has 6 heteroatoms. The van der Waals surface area contributed by atoms with Gasteiger partial charge in [0.15, 0.2) is 0 Å². The number of carbonyl (C=O) groups excluding carboxylic acids is 2. The predicted octanol–water partition coefficient (Wildman–Crippen LogP) is 6.67. The Hall–Kier alpha value is -1.92. The Labute approximate surface area is 206 Å². The molecule has 1 aliphatic carbocycles. The molecule has 0 spiro atoms. The Morgan fingerprint density at radius 2 is 1.70 bits per heavy atom. The minimum atomic E-state index is 0.140. The van der Waals surface area contributed by atoms with Crippen LogP contribution in [0.5, 0.6) is 0 Å². The summed E-state index contributed by atoms with van der Waals surface area (Å²) in [5, 5.41) is 14.7. The largest absolute Gasteiger partial charge is 0.396 e. The Balaban J connectivity index is 0. The second kappa shape index (κ2) is 24.7. The fraction of sp³-hybridized carbons (Fsp3) is 0.630. The molecule has 3 N–H and O–H groups in total. The predicted molar refractivity (Wildman–Crippen MR) is 145 cm³/mol. The first-order valence-corrected chi connectivity index (χ1v) is 13.4. The molecular formula is C27H48N2O3S. The summed E-state index contributed by atoms with van der Waals surface area (Å²) in [5.41, 5.74) is 1.45. The van der Waals surface area contributed by atoms with Gasteiger partial charge >= 0.3 is 0 Å². The van der Waals surface area contributed by atoms with Gasteiger partial charge in [-0.3, -0.25) is 9.59 Å². The van der Waals surface area contributed by atoms with Crippen LogP contribution in [-0.2, 0) is 22.4 Å². The second-order valence-electron chi connectivity index (χ2n) is 7.14. The third-order valence-electron chi connectivity index (χ3n) is 4.71. The van der Waals surface area contributed by atoms with Crippen molar-refractivity contribution in [2.24, 2.45) is 5.92 Å². The van der Waals surface area contributed by atoms with Gasteiger partial charge in [-0.05, 0) is 76.3 Å². The second-order valence-corrected chi connectivity index (χ2v) is 8.28. The van der Waals surface area contributed by atoms with Gasteiger partial charge in [0.1, 0.15) is 0 Å². The van der Waals surface area contributed by atoms with E-state index in [4.69, 9.17) is 5.11 Å². The Morgan fingerprint density at radius 1 is 1.09 bits per heavy atom. The zero-order chi connectivity index (χ0) is 25.3. The van der Waals surface area contributed by atoms with E-state index in [-0.39, 0.29) is 12.5 Å². The van der Waals surface area contributed by atoms with E-state index in [1.165, 1.54) is 36.1 Å². The molecule has 0 fully saturated rings. The SMILES string of the molecule is C/C=C\CC(C/C=C\C)CC(=O)Nc1cc2c(s1)CCCC2.CC.CC.O=CNCCCO. The minimum absolute atomic E-state index is 0.140. The highest BCUT2D eigenvalue weighted by atomic mass is 32.1. The quantitative estimate of drug-likeness (QED) is 0.188. The van der Waals surface area contributed by atoms with Crippen LogP contribution in [0.25, 0.3) is 0 Å². The fourth-order valence-corrected chi connectivity index (χ4v) is 4.33. The molecule has 0 unspecified atom stereocenters. The Kier molecular flexibility index (Phi) is 24.9. The molecule has 1 heterocycles. The van der Waals surface area contributed by atoms with E-state index in [1.807, 2.05) is 41.5 Å². The normalized spacial score (nSPS) is 12.0. The molecule has 2 rings (SSSR count). The third kappa shape index (κ3) is 17.3. The van der Waals surface area contributed by atoms with Crippen LogP contribution in [0, 0.1) is 5.92 Å². The van der Waals surface area contributed by atoms with Crippen molar-refractivity contribution < 1.29 is 14.7 Å². The first kappa shape index (κ1) is 33.3. The topological polar surface area (TPSA) is 78.4 Å². The number of aliphatic hydroxyl groups excluding tert-OH is 1. The van der Waals surface area contributed by atoms with Crippen LogP contribution in [0.2, 0.25) is 0 Å². The van der Waals surface area contributed by atoms with Crippen molar-refractivity contribution in [2.75, 3.05) is 18.5 Å². The lowest BCUT2D eigenvalue weighted by molar-refractivity contribution is -0.117. The molecular weight excluding hydrogens is 432 g/mol. The lowest BCUT2D eigenvalue weighted by Gasteiger charge is -2.12. The molecule has 1 aliphatic rings. The first-order valence-electron chi connectivity index (χ1n) is 12.6. The number of nitrogens with one attached hydrogen (secondary N) is 2. The molecule has 0 aliphatic heterocycles. The highest BCUT2D eigenvalue weighted by molar-refractivity contribution is 7.16. The van der Waals surface area contributed by atoms with Gasteiger partial charge in [-0.2, -0.15) is 0 Å². The molecule has 0 aromatic carbocycles. The smallest absolute Gasteiger partial charge is 0.225 e. The molecule has 2 amide bonds. The van der Waals surface area contributed by atoms with E-state index in [0.717, 1.165) is 17.8 Å². The van der Waals surface area contributed by atoms with Gasteiger partial charge in [0, 0.05) is 24.4 Å². The lowest BCUT2D eigenvalue weighted by atomic mass is 9.96. The molecule has 33 heavy (non-hydrogen) atoms. The summed E-state index contributed by atoms with van der Waals surface area (Å²) in [7, 11) is 0. The van der Waals surface area contributed by atoms with Crippen LogP contribution >= 0.6 is 11.3 Å². The molecule has 1 aromatic rings. The molecule has 0 saturated heterocycles. The molecule has 0 atom stereocenters. The summed E-state index contributed by atoms with van der Waals surface area (Å²) < 4.78 is 0. The summed E-state index contributed by atoms with van der Waals surface area (Å²) in [4.78, 5) is 23.3. The number of anilines is 1. The van der Waals surface area contributed by atoms with E-state index in [0.29, 0.717) is 31.7 Å². The van der Waals surface area contributed by atoms with Gasteiger partial charge in [0.2, 0.25) is 12.3 Å². The van der Waals surface area contributed by atoms with Crippen molar-refractivity contribution in [3.8, 4) is 0 Å². The van der Waals surface area contributed by atoms with E-state index in [1.54, 1.807) is 11.3 Å². The van der Waals surface area contributed by atoms with E-state index >= 15 is 0 Å². The maximum absolute atomic E-state index is 12.3. The minimum Gasteiger partial charge on any atom is -0.396 e. The third-order valence-corrected chi connectivity index (χ3v) is 5.86. The van der Waals surface area contributed by atoms with Crippen LogP contribution in [0.3, 0.4) is 0 Å². The van der Waals surface area contributed by atoms with Gasteiger partial charge in [-0.25, -0.2) is 0 Å². The fourth-order valence-electron chi connectivity index (χ4n) is 3.16. The van der Waals surface area contributed by atoms with Crippen molar-refractivity contribution in [3.05, 3.63) is 40.8 Å². The monoisotopic (exact) mass is 480 g/mol. The number of amides is 2. The standard InChI is InChI=1S/C19H27NOS.C4H9NO2.2C2H6/c1-3-5-9-15(10-6-4-2)13-18(21)20-19-14-16-11-7-8-12-17(16)22-19;6-3-1-2-5-4-7;2*1-2/h3-6,14-15H,7-13H2,1-2H3,(H,20,21);4,6H,1-3H2,(H,5,7);2*1-2H3/b5-3-,6-4-;;;. The van der Waals surface area contributed by atoms with Gasteiger partial charge in [0.05, 0.1) is 5.00 Å². The summed E-state index contributed by atoms with van der Waals surface area (Å²) >= 11 is 1.77. The van der Waals surface area contributed by atoms with Crippen molar-refractivity contribution in [3.63, 3.8) is 0 Å². The maximum Gasteiger partial charge on any atom is 0.225 e. The van der Waals surface area contributed by atoms with Gasteiger partial charge in [0.25, 0.3) is 0 Å². The van der Waals surface area contributed by atoms with Gasteiger partial charge in [-0.15, -0.1) is 11.3 Å². The van der Waals surface area contributed by atoms with Crippen LogP contribution in [-0.4, -0.2) is 30.6 Å². The number of aliphatic hydroxyl groups is 1. The number of carbonyl (C=O) groups is 2. The van der Waals surface area contributed by atoms with E-state index in [2.05, 4.69) is 41.0 Å². The molecule has 190 valence electrons. The van der Waals surface area contributed by atoms with Crippen LogP contribution in [0.4, 0.5) is 5.00 Å². The summed E-state index contributed by atoms with van der Waals surface area (Å²) in [5.74, 6) is 0.541. The average molecular weight is 481 g/mol. The highest BCUT2D eigenvalue weighted by Gasteiger charge is 2.16. The van der Waals surface area contributed by atoms with E-state index < -0.39 is 0 Å². The number of fused-ring (bicyclic) bond motifs is 1. The van der Waals surface area contributed by atoms with Crippen molar-refractivity contribution >= 4 is 28.7 Å². The van der Waals surface area contributed by atoms with Crippen molar-refractivity contribution in [1.29, 1.82) is 0 Å². The maximum atomic E-state index is 12.3. The number of rotatable bonds is 11. The lowest BCUT2D eigenvalue weighted by Crippen LogP contribution is -2.15. The number of hydrogen-bond donors (Lipinski definition) is 3. The van der Waals surface area contributed by atoms with Crippen LogP contribution < -0.4 is 10.6 Å². The summed E-state index contributed by atoms with van der Waals surface area (Å²) in [6.07, 6.45) is 17.2. The van der Waals surface area contributed by atoms with Gasteiger partial charge in [-0.1, -0.05) is 52.0 Å². The molecule has 0 radical (unpaired) electrons. The van der Waals surface area contributed by atoms with Gasteiger partial charge < -0.3 is 15.7 Å². The summed E-state index contributed by atoms with van der Waals surface area (Å²) in [6, 6.07) is 2.18. The average Bonchev–Trinajstić information content (AvgIpc) is 3.26. The molecule has 0 bridgehead atoms. The number of thiophene rings is 1. The van der Waals surface area contributed by atoms with Crippen LogP contribution in [0.1, 0.15) is 90.5 Å². The molecule has 5 nitrogen and oxygen atoms in total. The van der Waals surface area contributed by atoms with E-state index in [9.17, 15) is 9.59 Å². The van der Waals surface area contributed by atoms with Crippen LogP contribution in [0.15, 0.2) is 30.4 Å². The summed E-state index contributed by atoms with van der Waals surface area (Å²) in [6.45, 7) is 12.8.